The van der Waals surface area contributed by atoms with Crippen molar-refractivity contribution in [3.05, 3.63) is 36.0 Å². The molecule has 9 heteroatoms. The number of rotatable bonds is 3. The average Bonchev–Trinajstić information content (AvgIpc) is 2.86. The van der Waals surface area contributed by atoms with Crippen LogP contribution in [0.25, 0.3) is 11.2 Å². The number of imidazole rings is 1. The Kier molecular flexibility index (Phi) is 4.02. The van der Waals surface area contributed by atoms with Crippen molar-refractivity contribution in [3.8, 4) is 0 Å². The van der Waals surface area contributed by atoms with Gasteiger partial charge in [0.25, 0.3) is 0 Å². The molecule has 0 fully saturated rings. The number of halogens is 3. The summed E-state index contributed by atoms with van der Waals surface area (Å²) in [5.41, 5.74) is 0.666. The zero-order chi connectivity index (χ0) is 18.2. The Morgan fingerprint density at radius 3 is 2.28 bits per heavy atom. The maximum atomic E-state index is 12.6. The number of benzene rings is 1. The minimum Gasteiger partial charge on any atom is -0.350 e. The molecule has 25 heavy (non-hydrogen) atoms. The third-order valence-electron chi connectivity index (χ3n) is 3.20. The fourth-order valence-electron chi connectivity index (χ4n) is 2.14. The van der Waals surface area contributed by atoms with Crippen LogP contribution in [0.3, 0.4) is 0 Å². The number of aromatic amines is 1. The van der Waals surface area contributed by atoms with Crippen LogP contribution in [0, 0.1) is 0 Å². The van der Waals surface area contributed by atoms with Crippen molar-refractivity contribution in [1.82, 2.24) is 19.9 Å². The quantitative estimate of drug-likeness (QED) is 0.655. The lowest BCUT2D eigenvalue weighted by molar-refractivity contribution is -0.137. The van der Waals surface area contributed by atoms with E-state index in [1.54, 1.807) is 6.20 Å². The number of hydrogen-bond acceptors (Lipinski definition) is 5. The van der Waals surface area contributed by atoms with Crippen molar-refractivity contribution in [3.63, 3.8) is 0 Å². The van der Waals surface area contributed by atoms with E-state index in [-0.39, 0.29) is 5.54 Å². The van der Waals surface area contributed by atoms with Gasteiger partial charge in [-0.3, -0.25) is 0 Å². The normalized spacial score (nSPS) is 12.4. The number of fused-ring (bicyclic) bond motifs is 1. The Morgan fingerprint density at radius 2 is 1.68 bits per heavy atom. The average molecular weight is 350 g/mol. The molecule has 0 aliphatic heterocycles. The summed E-state index contributed by atoms with van der Waals surface area (Å²) in [6.45, 7) is 5.97. The molecule has 2 aromatic heterocycles. The largest absolute Gasteiger partial charge is 0.416 e. The van der Waals surface area contributed by atoms with Crippen LogP contribution in [-0.2, 0) is 6.18 Å². The second kappa shape index (κ2) is 5.91. The lowest BCUT2D eigenvalue weighted by Gasteiger charge is -2.19. The van der Waals surface area contributed by atoms with Crippen molar-refractivity contribution >= 4 is 28.7 Å². The standard InChI is InChI=1S/C16H17F3N6/c1-15(2,3)25-13-20-8-11-12(23-13)24-14(22-11)21-10-6-4-9(5-7-10)16(17,18)19/h4-8H,1-3H3,(H3,20,21,22,23,24,25). The second-order valence-corrected chi connectivity index (χ2v) is 6.59. The highest BCUT2D eigenvalue weighted by Gasteiger charge is 2.29. The predicted octanol–water partition coefficient (Wildman–Crippen LogP) is 4.33. The maximum absolute atomic E-state index is 12.6. The Bertz CT molecular complexity index is 878. The zero-order valence-electron chi connectivity index (χ0n) is 13.9. The van der Waals surface area contributed by atoms with Crippen molar-refractivity contribution in [2.75, 3.05) is 10.6 Å². The summed E-state index contributed by atoms with van der Waals surface area (Å²) in [5, 5.41) is 6.07. The van der Waals surface area contributed by atoms with E-state index < -0.39 is 11.7 Å². The number of nitrogens with one attached hydrogen (secondary N) is 3. The van der Waals surface area contributed by atoms with E-state index in [9.17, 15) is 13.2 Å². The summed E-state index contributed by atoms with van der Waals surface area (Å²) < 4.78 is 37.7. The fraction of sp³-hybridized carbons (Fsp3) is 0.312. The molecule has 3 N–H and O–H groups in total. The van der Waals surface area contributed by atoms with E-state index in [1.165, 1.54) is 12.1 Å². The van der Waals surface area contributed by atoms with Crippen LogP contribution in [0.2, 0.25) is 0 Å². The van der Waals surface area contributed by atoms with E-state index in [4.69, 9.17) is 0 Å². The van der Waals surface area contributed by atoms with E-state index >= 15 is 0 Å². The minimum atomic E-state index is -4.36. The van der Waals surface area contributed by atoms with Crippen molar-refractivity contribution in [2.24, 2.45) is 0 Å². The van der Waals surface area contributed by atoms with Crippen molar-refractivity contribution in [2.45, 2.75) is 32.5 Å². The highest BCUT2D eigenvalue weighted by atomic mass is 19.4. The molecule has 3 aromatic rings. The molecule has 0 amide bonds. The molecule has 0 spiro atoms. The number of anilines is 3. The van der Waals surface area contributed by atoms with Gasteiger partial charge >= 0.3 is 6.18 Å². The first-order valence-corrected chi connectivity index (χ1v) is 7.55. The van der Waals surface area contributed by atoms with Crippen molar-refractivity contribution in [1.29, 1.82) is 0 Å². The minimum absolute atomic E-state index is 0.186. The van der Waals surface area contributed by atoms with Crippen LogP contribution in [-0.4, -0.2) is 25.5 Å². The lowest BCUT2D eigenvalue weighted by atomic mass is 10.1. The van der Waals surface area contributed by atoms with Gasteiger partial charge in [0.05, 0.1) is 11.8 Å². The maximum Gasteiger partial charge on any atom is 0.416 e. The molecule has 0 bridgehead atoms. The van der Waals surface area contributed by atoms with Crippen LogP contribution in [0.5, 0.6) is 0 Å². The van der Waals surface area contributed by atoms with Gasteiger partial charge in [-0.2, -0.15) is 18.2 Å². The summed E-state index contributed by atoms with van der Waals surface area (Å²) in [6, 6.07) is 4.70. The van der Waals surface area contributed by atoms with Crippen molar-refractivity contribution < 1.29 is 13.2 Å². The topological polar surface area (TPSA) is 78.5 Å². The van der Waals surface area contributed by atoms with E-state index in [0.29, 0.717) is 28.7 Å². The smallest absolute Gasteiger partial charge is 0.350 e. The van der Waals surface area contributed by atoms with Crippen LogP contribution in [0.15, 0.2) is 30.5 Å². The van der Waals surface area contributed by atoms with Gasteiger partial charge < -0.3 is 15.6 Å². The Balaban J connectivity index is 1.80. The molecule has 6 nitrogen and oxygen atoms in total. The Morgan fingerprint density at radius 1 is 1.00 bits per heavy atom. The lowest BCUT2D eigenvalue weighted by Crippen LogP contribution is -2.27. The zero-order valence-corrected chi connectivity index (χ0v) is 13.9. The SMILES string of the molecule is CC(C)(C)Nc1ncc2nc(Nc3ccc(C(F)(F)F)cc3)[nH]c2n1. The molecular formula is C16H17F3N6. The van der Waals surface area contributed by atoms with E-state index in [2.05, 4.69) is 30.6 Å². The summed E-state index contributed by atoms with van der Waals surface area (Å²) in [7, 11) is 0. The highest BCUT2D eigenvalue weighted by Crippen LogP contribution is 2.30. The number of alkyl halides is 3. The molecule has 0 atom stereocenters. The molecule has 2 heterocycles. The van der Waals surface area contributed by atoms with Gasteiger partial charge in [0.15, 0.2) is 5.65 Å². The fourth-order valence-corrected chi connectivity index (χ4v) is 2.14. The van der Waals surface area contributed by atoms with Gasteiger partial charge in [-0.15, -0.1) is 0 Å². The number of nitrogens with zero attached hydrogens (tertiary/aromatic N) is 3. The van der Waals surface area contributed by atoms with Gasteiger partial charge in [0, 0.05) is 11.2 Å². The van der Waals surface area contributed by atoms with Gasteiger partial charge in [-0.05, 0) is 45.0 Å². The highest BCUT2D eigenvalue weighted by molar-refractivity contribution is 5.74. The third kappa shape index (κ3) is 4.17. The van der Waals surface area contributed by atoms with E-state index in [1.807, 2.05) is 20.8 Å². The molecule has 0 aliphatic rings. The number of aromatic nitrogens is 4. The molecule has 1 aromatic carbocycles. The molecule has 0 radical (unpaired) electrons. The monoisotopic (exact) mass is 350 g/mol. The summed E-state index contributed by atoms with van der Waals surface area (Å²) >= 11 is 0. The number of hydrogen-bond donors (Lipinski definition) is 3. The Labute approximate surface area is 141 Å². The van der Waals surface area contributed by atoms with Crippen LogP contribution < -0.4 is 10.6 Å². The summed E-state index contributed by atoms with van der Waals surface area (Å²) in [5.74, 6) is 0.835. The molecule has 3 rings (SSSR count). The van der Waals surface area contributed by atoms with Gasteiger partial charge in [-0.25, -0.2) is 9.97 Å². The third-order valence-corrected chi connectivity index (χ3v) is 3.20. The van der Waals surface area contributed by atoms with E-state index in [0.717, 1.165) is 12.1 Å². The van der Waals surface area contributed by atoms with Crippen LogP contribution in [0.4, 0.5) is 30.8 Å². The van der Waals surface area contributed by atoms with Gasteiger partial charge in [0.1, 0.15) is 5.52 Å². The first-order valence-electron chi connectivity index (χ1n) is 7.55. The molecule has 0 saturated heterocycles. The molecule has 0 unspecified atom stereocenters. The van der Waals surface area contributed by atoms with Crippen LogP contribution in [0.1, 0.15) is 26.3 Å². The predicted molar refractivity (Wildman–Crippen MR) is 89.8 cm³/mol. The molecule has 132 valence electrons. The first kappa shape index (κ1) is 17.0. The molecular weight excluding hydrogens is 333 g/mol. The number of H-pyrrole nitrogens is 1. The van der Waals surface area contributed by atoms with Gasteiger partial charge in [-0.1, -0.05) is 0 Å². The summed E-state index contributed by atoms with van der Waals surface area (Å²) in [4.78, 5) is 15.8. The Hall–Kier alpha value is -2.84. The summed E-state index contributed by atoms with van der Waals surface area (Å²) in [6.07, 6.45) is -2.78. The molecule has 0 aliphatic carbocycles. The molecule has 0 saturated carbocycles. The van der Waals surface area contributed by atoms with Crippen LogP contribution >= 0.6 is 0 Å². The van der Waals surface area contributed by atoms with Gasteiger partial charge in [0.2, 0.25) is 11.9 Å². The first-order chi connectivity index (χ1) is 11.6. The second-order valence-electron chi connectivity index (χ2n) is 6.59.